The number of halogens is 4. The van der Waals surface area contributed by atoms with Crippen molar-refractivity contribution in [2.45, 2.75) is 19.9 Å². The quantitative estimate of drug-likeness (QED) is 0.538. The molecule has 0 radical (unpaired) electrons. The van der Waals surface area contributed by atoms with Gasteiger partial charge >= 0.3 is 0 Å². The highest BCUT2D eigenvalue weighted by Crippen LogP contribution is 2.35. The minimum absolute atomic E-state index is 0.0576. The van der Waals surface area contributed by atoms with Gasteiger partial charge in [-0.25, -0.2) is 4.39 Å². The van der Waals surface area contributed by atoms with Crippen LogP contribution >= 0.6 is 47.8 Å². The molecule has 20 heavy (non-hydrogen) atoms. The lowest BCUT2D eigenvalue weighted by Gasteiger charge is -2.19. The maximum Gasteiger partial charge on any atom is 0.137 e. The highest BCUT2D eigenvalue weighted by molar-refractivity contribution is 9.11. The van der Waals surface area contributed by atoms with Crippen LogP contribution in [-0.4, -0.2) is 0 Å². The molecule has 0 saturated heterocycles. The highest BCUT2D eigenvalue weighted by atomic mass is 79.9. The normalized spacial score (nSPS) is 12.3. The summed E-state index contributed by atoms with van der Waals surface area (Å²) in [6.45, 7) is 4.08. The molecule has 0 saturated carbocycles. The van der Waals surface area contributed by atoms with Crippen LogP contribution in [0, 0.1) is 12.7 Å². The molecule has 2 rings (SSSR count). The molecule has 0 bridgehead atoms. The van der Waals surface area contributed by atoms with Crippen molar-refractivity contribution in [3.8, 4) is 0 Å². The Kier molecular flexibility index (Phi) is 5.26. The van der Waals surface area contributed by atoms with Gasteiger partial charge in [0.25, 0.3) is 0 Å². The van der Waals surface area contributed by atoms with Gasteiger partial charge in [-0.3, -0.25) is 0 Å². The van der Waals surface area contributed by atoms with E-state index in [4.69, 9.17) is 0 Å². The van der Waals surface area contributed by atoms with Crippen molar-refractivity contribution >= 4 is 53.5 Å². The molecular weight excluding hydrogens is 453 g/mol. The minimum Gasteiger partial charge on any atom is -0.377 e. The van der Waals surface area contributed by atoms with Crippen molar-refractivity contribution in [2.75, 3.05) is 5.32 Å². The molecule has 0 aromatic heterocycles. The minimum atomic E-state index is -0.251. The average molecular weight is 466 g/mol. The summed E-state index contributed by atoms with van der Waals surface area (Å²) in [4.78, 5) is 0. The summed E-state index contributed by atoms with van der Waals surface area (Å²) in [5.74, 6) is -0.251. The van der Waals surface area contributed by atoms with Crippen LogP contribution in [0.2, 0.25) is 0 Å². The Labute approximate surface area is 143 Å². The predicted octanol–water partition coefficient (Wildman–Crippen LogP) is 6.59. The molecule has 0 spiro atoms. The molecule has 106 valence electrons. The van der Waals surface area contributed by atoms with E-state index in [0.717, 1.165) is 20.2 Å². The Balaban J connectivity index is 2.27. The lowest BCUT2D eigenvalue weighted by molar-refractivity contribution is 0.619. The third-order valence-electron chi connectivity index (χ3n) is 2.99. The molecule has 1 unspecified atom stereocenters. The third-order valence-corrected chi connectivity index (χ3v) is 4.85. The zero-order valence-electron chi connectivity index (χ0n) is 11.0. The lowest BCUT2D eigenvalue weighted by atomic mass is 10.1. The van der Waals surface area contributed by atoms with Crippen molar-refractivity contribution in [1.82, 2.24) is 0 Å². The van der Waals surface area contributed by atoms with Crippen LogP contribution in [-0.2, 0) is 0 Å². The number of anilines is 1. The van der Waals surface area contributed by atoms with Crippen molar-refractivity contribution in [1.29, 1.82) is 0 Å². The summed E-state index contributed by atoms with van der Waals surface area (Å²) in [5.41, 5.74) is 3.17. The van der Waals surface area contributed by atoms with Crippen LogP contribution in [0.25, 0.3) is 0 Å². The van der Waals surface area contributed by atoms with Gasteiger partial charge in [0, 0.05) is 15.0 Å². The van der Waals surface area contributed by atoms with Gasteiger partial charge in [-0.15, -0.1) is 0 Å². The number of benzene rings is 2. The fourth-order valence-electron chi connectivity index (χ4n) is 1.92. The van der Waals surface area contributed by atoms with Crippen LogP contribution < -0.4 is 5.32 Å². The van der Waals surface area contributed by atoms with Crippen LogP contribution in [0.1, 0.15) is 24.1 Å². The molecule has 0 aliphatic carbocycles. The van der Waals surface area contributed by atoms with E-state index < -0.39 is 0 Å². The monoisotopic (exact) mass is 463 g/mol. The van der Waals surface area contributed by atoms with Gasteiger partial charge in [0.15, 0.2) is 0 Å². The molecular formula is C15H13Br3FN. The largest absolute Gasteiger partial charge is 0.377 e. The highest BCUT2D eigenvalue weighted by Gasteiger charge is 2.12. The van der Waals surface area contributed by atoms with Gasteiger partial charge in [0.2, 0.25) is 0 Å². The number of aryl methyl sites for hydroxylation is 1. The average Bonchev–Trinajstić information content (AvgIpc) is 2.36. The van der Waals surface area contributed by atoms with Crippen molar-refractivity contribution in [2.24, 2.45) is 0 Å². The molecule has 2 aromatic carbocycles. The second-order valence-electron chi connectivity index (χ2n) is 4.64. The second-order valence-corrected chi connectivity index (χ2v) is 7.21. The van der Waals surface area contributed by atoms with Gasteiger partial charge in [0.05, 0.1) is 10.2 Å². The molecule has 0 fully saturated rings. The first-order valence-electron chi connectivity index (χ1n) is 6.05. The van der Waals surface area contributed by atoms with Crippen molar-refractivity contribution in [3.63, 3.8) is 0 Å². The van der Waals surface area contributed by atoms with Gasteiger partial charge in [-0.05, 0) is 97.0 Å². The topological polar surface area (TPSA) is 12.0 Å². The maximum atomic E-state index is 13.3. The molecule has 0 amide bonds. The smallest absolute Gasteiger partial charge is 0.137 e. The van der Waals surface area contributed by atoms with E-state index in [1.165, 1.54) is 11.6 Å². The molecule has 1 atom stereocenters. The van der Waals surface area contributed by atoms with Crippen LogP contribution in [0.4, 0.5) is 10.1 Å². The summed E-state index contributed by atoms with van der Waals surface area (Å²) in [6, 6.07) is 9.22. The molecule has 5 heteroatoms. The van der Waals surface area contributed by atoms with Crippen LogP contribution in [0.3, 0.4) is 0 Å². The Bertz CT molecular complexity index is 620. The van der Waals surface area contributed by atoms with Crippen LogP contribution in [0.5, 0.6) is 0 Å². The summed E-state index contributed by atoms with van der Waals surface area (Å²) in [7, 11) is 0. The Morgan fingerprint density at radius 2 is 1.60 bits per heavy atom. The van der Waals surface area contributed by atoms with Crippen molar-refractivity contribution in [3.05, 3.63) is 60.7 Å². The van der Waals surface area contributed by atoms with E-state index in [0.29, 0.717) is 4.47 Å². The molecule has 0 aliphatic rings. The molecule has 2 aromatic rings. The number of nitrogens with one attached hydrogen (secondary N) is 1. The predicted molar refractivity (Wildman–Crippen MR) is 92.7 cm³/mol. The lowest BCUT2D eigenvalue weighted by Crippen LogP contribution is -2.08. The van der Waals surface area contributed by atoms with Gasteiger partial charge in [-0.1, -0.05) is 6.07 Å². The van der Waals surface area contributed by atoms with E-state index in [1.54, 1.807) is 12.1 Å². The summed E-state index contributed by atoms with van der Waals surface area (Å²) in [5, 5.41) is 3.43. The van der Waals surface area contributed by atoms with Crippen molar-refractivity contribution < 1.29 is 4.39 Å². The maximum absolute atomic E-state index is 13.3. The Morgan fingerprint density at radius 3 is 2.15 bits per heavy atom. The number of rotatable bonds is 3. The standard InChI is InChI=1S/C15H13Br3FN/c1-8-5-12(17)15(13(18)6-8)20-9(2)10-3-4-14(19)11(16)7-10/h3-7,9,20H,1-2H3. The molecule has 0 heterocycles. The first kappa shape index (κ1) is 16.0. The number of hydrogen-bond acceptors (Lipinski definition) is 1. The fourth-order valence-corrected chi connectivity index (χ4v) is 3.96. The summed E-state index contributed by atoms with van der Waals surface area (Å²) < 4.78 is 15.8. The molecule has 1 nitrogen and oxygen atoms in total. The van der Waals surface area contributed by atoms with Gasteiger partial charge < -0.3 is 5.32 Å². The zero-order chi connectivity index (χ0) is 14.9. The van der Waals surface area contributed by atoms with Gasteiger partial charge in [-0.2, -0.15) is 0 Å². The van der Waals surface area contributed by atoms with E-state index in [-0.39, 0.29) is 11.9 Å². The second kappa shape index (κ2) is 6.58. The van der Waals surface area contributed by atoms with E-state index >= 15 is 0 Å². The molecule has 1 N–H and O–H groups in total. The van der Waals surface area contributed by atoms with Gasteiger partial charge in [0.1, 0.15) is 5.82 Å². The summed E-state index contributed by atoms with van der Waals surface area (Å²) >= 11 is 10.3. The Hall–Kier alpha value is -0.390. The number of hydrogen-bond donors (Lipinski definition) is 1. The van der Waals surface area contributed by atoms with E-state index in [9.17, 15) is 4.39 Å². The van der Waals surface area contributed by atoms with E-state index in [1.807, 2.05) is 13.8 Å². The first-order valence-corrected chi connectivity index (χ1v) is 8.43. The zero-order valence-corrected chi connectivity index (χ0v) is 15.7. The first-order chi connectivity index (χ1) is 9.38. The fraction of sp³-hybridized carbons (Fsp3) is 0.200. The Morgan fingerprint density at radius 1 is 1.00 bits per heavy atom. The summed E-state index contributed by atoms with van der Waals surface area (Å²) in [6.07, 6.45) is 0. The third kappa shape index (κ3) is 3.62. The van der Waals surface area contributed by atoms with E-state index in [2.05, 4.69) is 65.2 Å². The SMILES string of the molecule is Cc1cc(Br)c(NC(C)c2ccc(F)c(Br)c2)c(Br)c1. The van der Waals surface area contributed by atoms with Crippen LogP contribution in [0.15, 0.2) is 43.7 Å². The molecule has 0 aliphatic heterocycles.